The van der Waals surface area contributed by atoms with Crippen LogP contribution in [-0.4, -0.2) is 23.5 Å². The number of carbonyl (C=O) groups excluding carboxylic acids is 1. The summed E-state index contributed by atoms with van der Waals surface area (Å²) in [5.74, 6) is -0.926. The highest BCUT2D eigenvalue weighted by molar-refractivity contribution is 6.45. The Bertz CT molecular complexity index is 584. The first-order chi connectivity index (χ1) is 9.95. The van der Waals surface area contributed by atoms with Crippen LogP contribution in [0.3, 0.4) is 0 Å². The van der Waals surface area contributed by atoms with Gasteiger partial charge in [-0.2, -0.15) is 0 Å². The first-order valence-corrected chi connectivity index (χ1v) is 7.61. The Morgan fingerprint density at radius 2 is 2.14 bits per heavy atom. The second-order valence-electron chi connectivity index (χ2n) is 5.13. The maximum absolute atomic E-state index is 12.4. The Morgan fingerprint density at radius 1 is 1.43 bits per heavy atom. The molecule has 1 aromatic rings. The van der Waals surface area contributed by atoms with E-state index >= 15 is 0 Å². The molecule has 1 atom stereocenters. The molecule has 4 nitrogen and oxygen atoms in total. The van der Waals surface area contributed by atoms with Crippen molar-refractivity contribution in [3.05, 3.63) is 27.2 Å². The second kappa shape index (κ2) is 6.67. The molecule has 21 heavy (non-hydrogen) atoms. The molecule has 0 fully saturated rings. The van der Waals surface area contributed by atoms with E-state index in [4.69, 9.17) is 33.0 Å². The third kappa shape index (κ3) is 3.33. The van der Waals surface area contributed by atoms with Gasteiger partial charge in [0.15, 0.2) is 12.4 Å². The fourth-order valence-corrected chi connectivity index (χ4v) is 3.08. The van der Waals surface area contributed by atoms with Crippen LogP contribution in [0.2, 0.25) is 10.0 Å². The van der Waals surface area contributed by atoms with Gasteiger partial charge < -0.3 is 9.84 Å². The molecule has 0 radical (unpaired) electrons. The van der Waals surface area contributed by atoms with Gasteiger partial charge in [-0.05, 0) is 24.5 Å². The van der Waals surface area contributed by atoms with Gasteiger partial charge in [0, 0.05) is 11.5 Å². The molecule has 1 N–H and O–H groups in total. The third-order valence-corrected chi connectivity index (χ3v) is 4.45. The number of carbonyl (C=O) groups is 2. The number of ether oxygens (including phenoxy) is 1. The Kier molecular flexibility index (Phi) is 5.12. The molecule has 2 rings (SSSR count). The minimum absolute atomic E-state index is 0.0233. The summed E-state index contributed by atoms with van der Waals surface area (Å²) in [6.07, 6.45) is 3.44. The minimum atomic E-state index is -1.10. The first kappa shape index (κ1) is 16.1. The molecule has 0 aliphatic heterocycles. The number of hydrogen-bond donors (Lipinski definition) is 1. The highest BCUT2D eigenvalue weighted by Gasteiger charge is 2.34. The van der Waals surface area contributed by atoms with Crippen LogP contribution in [-0.2, 0) is 11.2 Å². The molecule has 0 saturated carbocycles. The largest absolute Gasteiger partial charge is 0.480 e. The van der Waals surface area contributed by atoms with Gasteiger partial charge in [0.2, 0.25) is 0 Å². The van der Waals surface area contributed by atoms with E-state index in [0.29, 0.717) is 12.0 Å². The van der Waals surface area contributed by atoms with Crippen molar-refractivity contribution in [1.82, 2.24) is 0 Å². The van der Waals surface area contributed by atoms with E-state index in [1.165, 1.54) is 0 Å². The van der Waals surface area contributed by atoms with Gasteiger partial charge in [-0.1, -0.05) is 43.0 Å². The van der Waals surface area contributed by atoms with Crippen molar-refractivity contribution in [2.24, 2.45) is 5.92 Å². The van der Waals surface area contributed by atoms with E-state index in [9.17, 15) is 9.59 Å². The summed E-state index contributed by atoms with van der Waals surface area (Å²) in [7, 11) is 0. The summed E-state index contributed by atoms with van der Waals surface area (Å²) in [6, 6.07) is 1.64. The molecular formula is C15H16Cl2O4. The van der Waals surface area contributed by atoms with Crippen molar-refractivity contribution in [3.8, 4) is 5.75 Å². The van der Waals surface area contributed by atoms with Gasteiger partial charge in [0.25, 0.3) is 0 Å². The Morgan fingerprint density at radius 3 is 2.76 bits per heavy atom. The van der Waals surface area contributed by atoms with Crippen molar-refractivity contribution < 1.29 is 19.4 Å². The van der Waals surface area contributed by atoms with Gasteiger partial charge in [-0.25, -0.2) is 4.79 Å². The van der Waals surface area contributed by atoms with Crippen LogP contribution >= 0.6 is 23.2 Å². The quantitative estimate of drug-likeness (QED) is 0.856. The fraction of sp³-hybridized carbons (Fsp3) is 0.467. The molecule has 0 spiro atoms. The van der Waals surface area contributed by atoms with Crippen molar-refractivity contribution in [3.63, 3.8) is 0 Å². The predicted molar refractivity (Wildman–Crippen MR) is 80.6 cm³/mol. The van der Waals surface area contributed by atoms with Crippen LogP contribution in [0.4, 0.5) is 0 Å². The summed E-state index contributed by atoms with van der Waals surface area (Å²) < 4.78 is 5.13. The molecule has 0 unspecified atom stereocenters. The number of aliphatic carboxylic acids is 1. The maximum atomic E-state index is 12.4. The van der Waals surface area contributed by atoms with Crippen molar-refractivity contribution in [1.29, 1.82) is 0 Å². The van der Waals surface area contributed by atoms with Crippen LogP contribution in [0, 0.1) is 5.92 Å². The molecule has 6 heteroatoms. The summed E-state index contributed by atoms with van der Waals surface area (Å²) in [5.41, 5.74) is 1.25. The van der Waals surface area contributed by atoms with E-state index < -0.39 is 12.6 Å². The summed E-state index contributed by atoms with van der Waals surface area (Å²) in [5, 5.41) is 8.92. The first-order valence-electron chi connectivity index (χ1n) is 6.85. The number of halogens is 2. The van der Waals surface area contributed by atoms with E-state index in [2.05, 4.69) is 6.92 Å². The number of carboxylic acid groups (broad SMARTS) is 1. The van der Waals surface area contributed by atoms with Gasteiger partial charge in [-0.3, -0.25) is 4.79 Å². The smallest absolute Gasteiger partial charge is 0.341 e. The maximum Gasteiger partial charge on any atom is 0.341 e. The Balaban J connectivity index is 2.29. The Labute approximate surface area is 133 Å². The second-order valence-corrected chi connectivity index (χ2v) is 5.88. The average molecular weight is 331 g/mol. The summed E-state index contributed by atoms with van der Waals surface area (Å²) in [4.78, 5) is 22.9. The highest BCUT2D eigenvalue weighted by Crippen LogP contribution is 2.43. The van der Waals surface area contributed by atoms with Crippen LogP contribution in [0.5, 0.6) is 5.75 Å². The molecule has 0 aromatic heterocycles. The molecule has 0 saturated heterocycles. The van der Waals surface area contributed by atoms with Gasteiger partial charge in [0.1, 0.15) is 10.8 Å². The molecular weight excluding hydrogens is 315 g/mol. The highest BCUT2D eigenvalue weighted by atomic mass is 35.5. The van der Waals surface area contributed by atoms with Crippen LogP contribution < -0.4 is 4.74 Å². The average Bonchev–Trinajstić information content (AvgIpc) is 2.75. The zero-order valence-electron chi connectivity index (χ0n) is 11.6. The Hall–Kier alpha value is -1.26. The van der Waals surface area contributed by atoms with E-state index in [1.807, 2.05) is 0 Å². The molecule has 1 aliphatic carbocycles. The summed E-state index contributed by atoms with van der Waals surface area (Å²) >= 11 is 12.2. The lowest BCUT2D eigenvalue weighted by atomic mass is 9.98. The van der Waals surface area contributed by atoms with Crippen LogP contribution in [0.25, 0.3) is 0 Å². The number of ketones is 1. The van der Waals surface area contributed by atoms with Gasteiger partial charge >= 0.3 is 5.97 Å². The lowest BCUT2D eigenvalue weighted by molar-refractivity contribution is -0.139. The topological polar surface area (TPSA) is 63.6 Å². The SMILES string of the molecule is CCCC[C@@H]1Cc2cc(OCC(=O)O)c(Cl)c(Cl)c2C1=O. The molecule has 1 aromatic carbocycles. The zero-order valence-corrected chi connectivity index (χ0v) is 13.1. The number of fused-ring (bicyclic) bond motifs is 1. The zero-order chi connectivity index (χ0) is 15.6. The number of unbranched alkanes of at least 4 members (excludes halogenated alkanes) is 1. The molecule has 0 heterocycles. The number of benzene rings is 1. The molecule has 1 aliphatic rings. The fourth-order valence-electron chi connectivity index (χ4n) is 2.57. The van der Waals surface area contributed by atoms with E-state index in [-0.39, 0.29) is 27.5 Å². The van der Waals surface area contributed by atoms with Crippen molar-refractivity contribution in [2.45, 2.75) is 32.6 Å². The standard InChI is InChI=1S/C15H16Cl2O4/c1-2-3-4-8-5-9-6-10(21-7-11(18)19)13(16)14(17)12(9)15(8)20/h6,8H,2-5,7H2,1H3,(H,18,19)/t8-/m1/s1. The number of carboxylic acids is 1. The molecule has 0 amide bonds. The number of hydrogen-bond acceptors (Lipinski definition) is 3. The predicted octanol–water partition coefficient (Wildman–Crippen LogP) is 4.00. The minimum Gasteiger partial charge on any atom is -0.480 e. The lowest BCUT2D eigenvalue weighted by Crippen LogP contribution is -2.10. The van der Waals surface area contributed by atoms with Crippen LogP contribution in [0.15, 0.2) is 6.07 Å². The van der Waals surface area contributed by atoms with Gasteiger partial charge in [-0.15, -0.1) is 0 Å². The van der Waals surface area contributed by atoms with E-state index in [0.717, 1.165) is 24.8 Å². The van der Waals surface area contributed by atoms with Crippen molar-refractivity contribution in [2.75, 3.05) is 6.61 Å². The number of Topliss-reactive ketones (excluding diaryl/α,β-unsaturated/α-hetero) is 1. The molecule has 114 valence electrons. The number of rotatable bonds is 6. The monoisotopic (exact) mass is 330 g/mol. The van der Waals surface area contributed by atoms with Crippen molar-refractivity contribution >= 4 is 35.0 Å². The molecule has 0 bridgehead atoms. The summed E-state index contributed by atoms with van der Waals surface area (Å²) in [6.45, 7) is 1.58. The van der Waals surface area contributed by atoms with Crippen LogP contribution in [0.1, 0.15) is 42.1 Å². The lowest BCUT2D eigenvalue weighted by Gasteiger charge is -2.10. The van der Waals surface area contributed by atoms with E-state index in [1.54, 1.807) is 6.07 Å². The third-order valence-electron chi connectivity index (χ3n) is 3.60. The van der Waals surface area contributed by atoms with Gasteiger partial charge in [0.05, 0.1) is 5.02 Å². The normalized spacial score (nSPS) is 16.9.